The number of ether oxygens (including phenoxy) is 1. The smallest absolute Gasteiger partial charge is 0.303 e. The van der Waals surface area contributed by atoms with Crippen LogP contribution in [0.1, 0.15) is 11.1 Å². The van der Waals surface area contributed by atoms with Crippen molar-refractivity contribution in [2.24, 2.45) is 5.73 Å². The predicted molar refractivity (Wildman–Crippen MR) is 130 cm³/mol. The lowest BCUT2D eigenvalue weighted by Crippen LogP contribution is -2.50. The van der Waals surface area contributed by atoms with E-state index in [-0.39, 0.29) is 10.4 Å². The van der Waals surface area contributed by atoms with Gasteiger partial charge in [0.2, 0.25) is 0 Å². The van der Waals surface area contributed by atoms with Gasteiger partial charge >= 0.3 is 10.0 Å². The summed E-state index contributed by atoms with van der Waals surface area (Å²) in [6.07, 6.45) is 7.56. The molecule has 5 nitrogen and oxygen atoms in total. The molecule has 0 saturated carbocycles. The maximum atomic E-state index is 12.7. The molecule has 0 spiro atoms. The summed E-state index contributed by atoms with van der Waals surface area (Å²) in [5.74, 6) is 1.37. The maximum Gasteiger partial charge on any atom is 0.303 e. The van der Waals surface area contributed by atoms with Crippen molar-refractivity contribution in [3.05, 3.63) is 114 Å². The molecule has 1 unspecified atom stereocenters. The van der Waals surface area contributed by atoms with Gasteiger partial charge < -0.3 is 10.5 Å². The summed E-state index contributed by atoms with van der Waals surface area (Å²) in [5, 5.41) is 0. The van der Waals surface area contributed by atoms with E-state index in [1.165, 1.54) is 17.4 Å². The Balaban J connectivity index is 1.51. The van der Waals surface area contributed by atoms with E-state index in [2.05, 4.69) is 24.3 Å². The van der Waals surface area contributed by atoms with Crippen LogP contribution in [-0.2, 0) is 16.4 Å². The van der Waals surface area contributed by atoms with Gasteiger partial charge in [0.1, 0.15) is 24.2 Å². The van der Waals surface area contributed by atoms with E-state index in [0.717, 1.165) is 17.7 Å². The van der Waals surface area contributed by atoms with Gasteiger partial charge in [0.05, 0.1) is 6.26 Å². The zero-order valence-electron chi connectivity index (χ0n) is 18.0. The van der Waals surface area contributed by atoms with Gasteiger partial charge in [-0.25, -0.2) is 0 Å². The molecular weight excluding hydrogens is 420 g/mol. The predicted octanol–water partition coefficient (Wildman–Crippen LogP) is 4.75. The van der Waals surface area contributed by atoms with Gasteiger partial charge in [0.15, 0.2) is 5.69 Å². The Morgan fingerprint density at radius 3 is 2.06 bits per heavy atom. The van der Waals surface area contributed by atoms with Crippen LogP contribution in [0.3, 0.4) is 0 Å². The highest BCUT2D eigenvalue weighted by atomic mass is 32.2. The number of sulfonamides is 1. The molecule has 0 amide bonds. The lowest BCUT2D eigenvalue weighted by molar-refractivity contribution is 0.481. The highest BCUT2D eigenvalue weighted by molar-refractivity contribution is 7.90. The standard InChI is InChI=1S/C26H27N2O3S/c1-32(29,30)28(17-5-8-23(19-27)20-28)24-11-15-26(16-12-24)31-25-13-9-22(10-14-25)18-21-6-3-2-4-7-21/h2-16,20H,17-19,27H2,1H3/q+1. The molecule has 1 heterocycles. The quantitative estimate of drug-likeness (QED) is 0.531. The molecule has 0 aliphatic carbocycles. The van der Waals surface area contributed by atoms with Crippen molar-refractivity contribution < 1.29 is 13.2 Å². The SMILES string of the molecule is CS(=O)(=O)[N+]1(c2ccc(Oc3ccc(Cc4ccccc4)cc3)cc2)C=C(CN)C=CC1. The molecule has 32 heavy (non-hydrogen) atoms. The van der Waals surface area contributed by atoms with Crippen LogP contribution in [0, 0.1) is 0 Å². The minimum Gasteiger partial charge on any atom is -0.457 e. The molecule has 164 valence electrons. The fraction of sp³-hybridized carbons (Fsp3) is 0.154. The van der Waals surface area contributed by atoms with Crippen LogP contribution in [0.15, 0.2) is 103 Å². The van der Waals surface area contributed by atoms with Gasteiger partial charge in [0, 0.05) is 24.3 Å². The van der Waals surface area contributed by atoms with Gasteiger partial charge in [-0.3, -0.25) is 0 Å². The Morgan fingerprint density at radius 2 is 1.47 bits per heavy atom. The zero-order valence-corrected chi connectivity index (χ0v) is 18.8. The molecule has 0 aromatic heterocycles. The molecule has 0 saturated heterocycles. The average Bonchev–Trinajstić information content (AvgIpc) is 2.81. The summed E-state index contributed by atoms with van der Waals surface area (Å²) >= 11 is 0. The molecule has 1 atom stereocenters. The maximum absolute atomic E-state index is 12.7. The Labute approximate surface area is 189 Å². The largest absolute Gasteiger partial charge is 0.457 e. The van der Waals surface area contributed by atoms with Crippen molar-refractivity contribution in [2.45, 2.75) is 6.42 Å². The number of quaternary nitrogens is 1. The van der Waals surface area contributed by atoms with Crippen molar-refractivity contribution in [1.29, 1.82) is 0 Å². The number of nitrogens with two attached hydrogens (primary N) is 1. The van der Waals surface area contributed by atoms with E-state index in [1.54, 1.807) is 30.5 Å². The molecular formula is C26H27N2O3S+. The average molecular weight is 448 g/mol. The first-order chi connectivity index (χ1) is 15.4. The first kappa shape index (κ1) is 22.0. The summed E-state index contributed by atoms with van der Waals surface area (Å²) in [6.45, 7) is 0.610. The number of benzene rings is 3. The third-order valence-electron chi connectivity index (χ3n) is 5.59. The molecule has 0 fully saturated rings. The van der Waals surface area contributed by atoms with E-state index >= 15 is 0 Å². The van der Waals surface area contributed by atoms with Crippen LogP contribution in [0.25, 0.3) is 0 Å². The van der Waals surface area contributed by atoms with Crippen LogP contribution in [0.4, 0.5) is 5.69 Å². The van der Waals surface area contributed by atoms with E-state index in [1.807, 2.05) is 42.5 Å². The molecule has 0 radical (unpaired) electrons. The van der Waals surface area contributed by atoms with Crippen LogP contribution in [0.2, 0.25) is 0 Å². The molecule has 3 aromatic rings. The highest BCUT2D eigenvalue weighted by Crippen LogP contribution is 2.34. The van der Waals surface area contributed by atoms with Gasteiger partial charge in [-0.15, -0.1) is 0 Å². The third-order valence-corrected chi connectivity index (χ3v) is 7.24. The molecule has 1 aliphatic heterocycles. The van der Waals surface area contributed by atoms with Gasteiger partial charge in [0.25, 0.3) is 0 Å². The Hall–Kier alpha value is -3.19. The number of rotatable bonds is 7. The fourth-order valence-electron chi connectivity index (χ4n) is 3.86. The first-order valence-corrected chi connectivity index (χ1v) is 12.3. The van der Waals surface area contributed by atoms with Gasteiger partial charge in [-0.05, 0) is 47.9 Å². The summed E-state index contributed by atoms with van der Waals surface area (Å²) < 4.78 is 31.2. The second kappa shape index (κ2) is 9.12. The molecule has 2 N–H and O–H groups in total. The first-order valence-electron chi connectivity index (χ1n) is 10.5. The van der Waals surface area contributed by atoms with Crippen LogP contribution >= 0.6 is 0 Å². The molecule has 6 heteroatoms. The normalized spacial score (nSPS) is 18.2. The summed E-state index contributed by atoms with van der Waals surface area (Å²) in [5.41, 5.74) is 9.67. The monoisotopic (exact) mass is 447 g/mol. The van der Waals surface area contributed by atoms with Crippen molar-refractivity contribution in [3.8, 4) is 11.5 Å². The molecule has 0 bridgehead atoms. The molecule has 4 rings (SSSR count). The second-order valence-corrected chi connectivity index (χ2v) is 10.0. The van der Waals surface area contributed by atoms with Crippen molar-refractivity contribution >= 4 is 15.7 Å². The number of hydrogen-bond acceptors (Lipinski definition) is 4. The van der Waals surface area contributed by atoms with Crippen molar-refractivity contribution in [2.75, 3.05) is 19.3 Å². The minimum atomic E-state index is -3.47. The Bertz CT molecular complexity index is 1230. The van der Waals surface area contributed by atoms with Gasteiger partial charge in [-0.2, -0.15) is 12.3 Å². The zero-order chi connectivity index (χ0) is 22.6. The summed E-state index contributed by atoms with van der Waals surface area (Å²) in [7, 11) is -3.47. The number of nitrogens with zero attached hydrogens (tertiary/aromatic N) is 1. The Morgan fingerprint density at radius 1 is 0.875 bits per heavy atom. The summed E-state index contributed by atoms with van der Waals surface area (Å²) in [4.78, 5) is 0. The molecule has 3 aromatic carbocycles. The lowest BCUT2D eigenvalue weighted by Gasteiger charge is -2.33. The van der Waals surface area contributed by atoms with E-state index in [4.69, 9.17) is 10.5 Å². The van der Waals surface area contributed by atoms with E-state index in [0.29, 0.717) is 18.0 Å². The lowest BCUT2D eigenvalue weighted by atomic mass is 10.1. The van der Waals surface area contributed by atoms with E-state index in [9.17, 15) is 8.42 Å². The van der Waals surface area contributed by atoms with Crippen molar-refractivity contribution in [3.63, 3.8) is 0 Å². The van der Waals surface area contributed by atoms with Gasteiger partial charge in [-0.1, -0.05) is 48.5 Å². The van der Waals surface area contributed by atoms with Crippen LogP contribution in [-0.4, -0.2) is 27.8 Å². The third kappa shape index (κ3) is 4.67. The fourth-order valence-corrected chi connectivity index (χ4v) is 5.05. The number of hydrogen-bond donors (Lipinski definition) is 1. The van der Waals surface area contributed by atoms with Crippen LogP contribution in [0.5, 0.6) is 11.5 Å². The molecule has 1 aliphatic rings. The van der Waals surface area contributed by atoms with Crippen LogP contribution < -0.4 is 14.4 Å². The Kier molecular flexibility index (Phi) is 6.28. The minimum absolute atomic E-state index is 0.285. The topological polar surface area (TPSA) is 69.4 Å². The van der Waals surface area contributed by atoms with E-state index < -0.39 is 10.0 Å². The summed E-state index contributed by atoms with van der Waals surface area (Å²) in [6, 6.07) is 25.5. The second-order valence-electron chi connectivity index (χ2n) is 7.92. The van der Waals surface area contributed by atoms with Crippen molar-refractivity contribution in [1.82, 2.24) is 3.89 Å². The highest BCUT2D eigenvalue weighted by Gasteiger charge is 2.40.